The van der Waals surface area contributed by atoms with Crippen LogP contribution in [0.4, 0.5) is 0 Å². The highest BCUT2D eigenvalue weighted by Crippen LogP contribution is 2.47. The molecule has 2 rings (SSSR count). The van der Waals surface area contributed by atoms with Crippen LogP contribution < -0.4 is 15.2 Å². The van der Waals surface area contributed by atoms with Gasteiger partial charge in [0.05, 0.1) is 20.3 Å². The molecule has 1 aliphatic rings. The summed E-state index contributed by atoms with van der Waals surface area (Å²) in [5.74, 6) is 1.56. The van der Waals surface area contributed by atoms with Gasteiger partial charge in [-0.2, -0.15) is 5.26 Å². The summed E-state index contributed by atoms with van der Waals surface area (Å²) in [6, 6.07) is 8.10. The summed E-state index contributed by atoms with van der Waals surface area (Å²) in [5, 5.41) is 9.49. The zero-order valence-corrected chi connectivity index (χ0v) is 15.1. The molecule has 0 bridgehead atoms. The number of rotatable bonds is 6. The van der Waals surface area contributed by atoms with Gasteiger partial charge < -0.3 is 20.1 Å². The fourth-order valence-electron chi connectivity index (χ4n) is 3.52. The number of benzene rings is 1. The molecule has 0 fully saturated rings. The largest absolute Gasteiger partial charge is 0.497 e. The topological polar surface area (TPSA) is 71.5 Å². The van der Waals surface area contributed by atoms with Crippen molar-refractivity contribution < 1.29 is 9.47 Å². The van der Waals surface area contributed by atoms with Gasteiger partial charge in [-0.15, -0.1) is 0 Å². The van der Waals surface area contributed by atoms with Crippen LogP contribution in [0.5, 0.6) is 11.5 Å². The van der Waals surface area contributed by atoms with E-state index in [-0.39, 0.29) is 0 Å². The standard InChI is InChI=1S/C19H27N3O2/c1-22(2)11-10-19(9-5-6-14(13-20)18(19)21)16-12-15(23-3)7-8-17(16)24-4/h7-8,12H,5-6,9-11,21H2,1-4H3. The van der Waals surface area contributed by atoms with E-state index in [1.165, 1.54) is 0 Å². The third kappa shape index (κ3) is 3.34. The first kappa shape index (κ1) is 18.2. The molecule has 5 heteroatoms. The molecule has 1 unspecified atom stereocenters. The molecule has 5 nitrogen and oxygen atoms in total. The monoisotopic (exact) mass is 329 g/mol. The zero-order valence-electron chi connectivity index (χ0n) is 15.1. The van der Waals surface area contributed by atoms with E-state index in [9.17, 15) is 5.26 Å². The predicted molar refractivity (Wildman–Crippen MR) is 95.1 cm³/mol. The van der Waals surface area contributed by atoms with Crippen molar-refractivity contribution in [2.45, 2.75) is 31.1 Å². The first-order valence-corrected chi connectivity index (χ1v) is 8.25. The molecule has 0 aliphatic heterocycles. The van der Waals surface area contributed by atoms with Crippen molar-refractivity contribution in [3.63, 3.8) is 0 Å². The molecule has 0 saturated heterocycles. The first-order valence-electron chi connectivity index (χ1n) is 8.25. The first-order chi connectivity index (χ1) is 11.5. The van der Waals surface area contributed by atoms with Gasteiger partial charge in [-0.25, -0.2) is 0 Å². The van der Waals surface area contributed by atoms with E-state index in [0.29, 0.717) is 11.3 Å². The zero-order chi connectivity index (χ0) is 17.7. The Balaban J connectivity index is 2.65. The van der Waals surface area contributed by atoms with Crippen molar-refractivity contribution in [1.82, 2.24) is 4.90 Å². The Kier molecular flexibility index (Phi) is 5.74. The van der Waals surface area contributed by atoms with Gasteiger partial charge in [-0.05, 0) is 64.5 Å². The number of hydrogen-bond acceptors (Lipinski definition) is 5. The Morgan fingerprint density at radius 1 is 1.29 bits per heavy atom. The van der Waals surface area contributed by atoms with Crippen molar-refractivity contribution in [2.24, 2.45) is 5.73 Å². The lowest BCUT2D eigenvalue weighted by Gasteiger charge is -2.40. The van der Waals surface area contributed by atoms with Gasteiger partial charge in [-0.1, -0.05) is 0 Å². The Hall–Kier alpha value is -2.19. The second-order valence-electron chi connectivity index (χ2n) is 6.56. The van der Waals surface area contributed by atoms with E-state index in [4.69, 9.17) is 15.2 Å². The molecule has 0 amide bonds. The quantitative estimate of drug-likeness (QED) is 0.869. The lowest BCUT2D eigenvalue weighted by molar-refractivity contribution is 0.301. The molecule has 2 N–H and O–H groups in total. The van der Waals surface area contributed by atoms with Crippen LogP contribution in [0.2, 0.25) is 0 Å². The molecular weight excluding hydrogens is 302 g/mol. The number of allylic oxidation sites excluding steroid dienone is 2. The summed E-state index contributed by atoms with van der Waals surface area (Å²) in [7, 11) is 7.41. The molecular formula is C19H27N3O2. The Labute approximate surface area is 144 Å². The third-order valence-electron chi connectivity index (χ3n) is 4.91. The number of hydrogen-bond donors (Lipinski definition) is 1. The van der Waals surface area contributed by atoms with E-state index < -0.39 is 5.41 Å². The molecule has 24 heavy (non-hydrogen) atoms. The molecule has 0 aromatic heterocycles. The summed E-state index contributed by atoms with van der Waals surface area (Å²) in [6.07, 6.45) is 3.43. The summed E-state index contributed by atoms with van der Waals surface area (Å²) >= 11 is 0. The van der Waals surface area contributed by atoms with Crippen LogP contribution >= 0.6 is 0 Å². The van der Waals surface area contributed by atoms with Crippen molar-refractivity contribution in [3.05, 3.63) is 35.0 Å². The van der Waals surface area contributed by atoms with Gasteiger partial charge in [0.15, 0.2) is 0 Å². The molecule has 1 aromatic carbocycles. The Morgan fingerprint density at radius 2 is 2.04 bits per heavy atom. The van der Waals surface area contributed by atoms with Crippen molar-refractivity contribution >= 4 is 0 Å². The third-order valence-corrected chi connectivity index (χ3v) is 4.91. The second kappa shape index (κ2) is 7.59. The van der Waals surface area contributed by atoms with E-state index in [2.05, 4.69) is 11.0 Å². The van der Waals surface area contributed by atoms with Crippen LogP contribution in [0.3, 0.4) is 0 Å². The SMILES string of the molecule is COc1ccc(OC)c(C2(CCN(C)C)CCCC(C#N)=C2N)c1. The normalized spacial score (nSPS) is 20.8. The van der Waals surface area contributed by atoms with E-state index in [1.807, 2.05) is 32.3 Å². The van der Waals surface area contributed by atoms with Gasteiger partial charge in [0.2, 0.25) is 0 Å². The molecule has 0 spiro atoms. The minimum atomic E-state index is -0.395. The van der Waals surface area contributed by atoms with Gasteiger partial charge in [0.1, 0.15) is 11.5 Å². The molecule has 130 valence electrons. The highest BCUT2D eigenvalue weighted by Gasteiger charge is 2.41. The maximum Gasteiger partial charge on any atom is 0.123 e. The highest BCUT2D eigenvalue weighted by atomic mass is 16.5. The average Bonchev–Trinajstić information content (AvgIpc) is 2.60. The number of nitrogens with two attached hydrogens (primary N) is 1. The fraction of sp³-hybridized carbons (Fsp3) is 0.526. The van der Waals surface area contributed by atoms with Crippen LogP contribution in [-0.4, -0.2) is 39.8 Å². The van der Waals surface area contributed by atoms with Crippen LogP contribution in [0.15, 0.2) is 29.5 Å². The number of methoxy groups -OCH3 is 2. The average molecular weight is 329 g/mol. The van der Waals surface area contributed by atoms with Gasteiger partial charge in [0.25, 0.3) is 0 Å². The minimum Gasteiger partial charge on any atom is -0.497 e. The fourth-order valence-corrected chi connectivity index (χ4v) is 3.52. The van der Waals surface area contributed by atoms with E-state index in [1.54, 1.807) is 14.2 Å². The number of ether oxygens (including phenoxy) is 2. The van der Waals surface area contributed by atoms with Gasteiger partial charge in [0, 0.05) is 22.2 Å². The Bertz CT molecular complexity index is 661. The predicted octanol–water partition coefficient (Wildman–Crippen LogP) is 2.81. The van der Waals surface area contributed by atoms with Crippen LogP contribution in [0, 0.1) is 11.3 Å². The molecule has 0 heterocycles. The summed E-state index contributed by atoms with van der Waals surface area (Å²) in [5.41, 5.74) is 8.54. The maximum atomic E-state index is 9.49. The lowest BCUT2D eigenvalue weighted by atomic mass is 9.66. The molecule has 0 radical (unpaired) electrons. The lowest BCUT2D eigenvalue weighted by Crippen LogP contribution is -2.39. The van der Waals surface area contributed by atoms with Crippen LogP contribution in [0.1, 0.15) is 31.2 Å². The van der Waals surface area contributed by atoms with Crippen molar-refractivity contribution in [3.8, 4) is 17.6 Å². The highest BCUT2D eigenvalue weighted by molar-refractivity contribution is 5.52. The van der Waals surface area contributed by atoms with Crippen LogP contribution in [0.25, 0.3) is 0 Å². The minimum absolute atomic E-state index is 0.395. The molecule has 1 atom stereocenters. The number of nitrogens with zero attached hydrogens (tertiary/aromatic N) is 2. The molecule has 1 aromatic rings. The summed E-state index contributed by atoms with van der Waals surface area (Å²) in [6.45, 7) is 0.875. The van der Waals surface area contributed by atoms with Gasteiger partial charge >= 0.3 is 0 Å². The van der Waals surface area contributed by atoms with E-state index in [0.717, 1.165) is 49.3 Å². The summed E-state index contributed by atoms with van der Waals surface area (Å²) < 4.78 is 11.0. The smallest absolute Gasteiger partial charge is 0.123 e. The van der Waals surface area contributed by atoms with E-state index >= 15 is 0 Å². The van der Waals surface area contributed by atoms with Gasteiger partial charge in [-0.3, -0.25) is 0 Å². The second-order valence-corrected chi connectivity index (χ2v) is 6.56. The molecule has 1 aliphatic carbocycles. The maximum absolute atomic E-state index is 9.49. The Morgan fingerprint density at radius 3 is 2.62 bits per heavy atom. The van der Waals surface area contributed by atoms with Crippen molar-refractivity contribution in [1.29, 1.82) is 5.26 Å². The number of nitriles is 1. The molecule has 0 saturated carbocycles. The van der Waals surface area contributed by atoms with Crippen molar-refractivity contribution in [2.75, 3.05) is 34.9 Å². The summed E-state index contributed by atoms with van der Waals surface area (Å²) in [4.78, 5) is 2.14. The van der Waals surface area contributed by atoms with Crippen LogP contribution in [-0.2, 0) is 5.41 Å².